The number of hydrogen-bond acceptors (Lipinski definition) is 8. The highest BCUT2D eigenvalue weighted by molar-refractivity contribution is 7.91. The van der Waals surface area contributed by atoms with Gasteiger partial charge in [0.05, 0.1) is 13.7 Å². The van der Waals surface area contributed by atoms with Crippen molar-refractivity contribution in [3.63, 3.8) is 0 Å². The van der Waals surface area contributed by atoms with Crippen LogP contribution >= 0.6 is 11.3 Å². The van der Waals surface area contributed by atoms with Gasteiger partial charge in [-0.2, -0.15) is 17.5 Å². The molecule has 0 unspecified atom stereocenters. The van der Waals surface area contributed by atoms with E-state index in [1.807, 2.05) is 0 Å². The van der Waals surface area contributed by atoms with E-state index in [0.717, 1.165) is 23.6 Å². The number of rotatable bonds is 8. The Morgan fingerprint density at radius 3 is 2.65 bits per heavy atom. The number of amides is 1. The number of alkyl halides is 3. The molecule has 198 valence electrons. The predicted octanol–water partition coefficient (Wildman–Crippen LogP) is 3.76. The van der Waals surface area contributed by atoms with E-state index in [2.05, 4.69) is 20.6 Å². The molecule has 37 heavy (non-hydrogen) atoms. The number of piperidine rings is 1. The van der Waals surface area contributed by atoms with Crippen molar-refractivity contribution in [2.45, 2.75) is 35.8 Å². The summed E-state index contributed by atoms with van der Waals surface area (Å²) in [5.74, 6) is 0.101. The summed E-state index contributed by atoms with van der Waals surface area (Å²) >= 11 is 1.07. The maximum Gasteiger partial charge on any atom is 0.433 e. The van der Waals surface area contributed by atoms with Crippen LogP contribution < -0.4 is 15.4 Å². The Balaban J connectivity index is 1.32. The van der Waals surface area contributed by atoms with Gasteiger partial charge in [-0.3, -0.25) is 4.79 Å². The van der Waals surface area contributed by atoms with Crippen LogP contribution in [0.3, 0.4) is 0 Å². The summed E-state index contributed by atoms with van der Waals surface area (Å²) in [6.07, 6.45) is -2.78. The third-order valence-corrected chi connectivity index (χ3v) is 9.17. The lowest BCUT2D eigenvalue weighted by Gasteiger charge is -2.31. The number of carbonyl (C=O) groups is 1. The molecular weight excluding hydrogens is 531 g/mol. The zero-order valence-electron chi connectivity index (χ0n) is 19.7. The highest BCUT2D eigenvalue weighted by atomic mass is 32.2. The maximum absolute atomic E-state index is 13.1. The van der Waals surface area contributed by atoms with Crippen LogP contribution in [-0.4, -0.2) is 54.8 Å². The van der Waals surface area contributed by atoms with Crippen LogP contribution in [-0.2, 0) is 22.7 Å². The second kappa shape index (κ2) is 11.0. The predicted molar refractivity (Wildman–Crippen MR) is 131 cm³/mol. The van der Waals surface area contributed by atoms with Gasteiger partial charge in [0.2, 0.25) is 5.95 Å². The van der Waals surface area contributed by atoms with Crippen LogP contribution in [0.5, 0.6) is 5.75 Å². The van der Waals surface area contributed by atoms with E-state index in [0.29, 0.717) is 29.0 Å². The fourth-order valence-electron chi connectivity index (χ4n) is 3.76. The number of nitrogens with one attached hydrogen (secondary N) is 2. The van der Waals surface area contributed by atoms with Crippen molar-refractivity contribution in [2.75, 3.05) is 25.5 Å². The molecule has 0 spiro atoms. The van der Waals surface area contributed by atoms with Crippen molar-refractivity contribution in [1.29, 1.82) is 0 Å². The Labute approximate surface area is 215 Å². The number of carbonyl (C=O) groups excluding carboxylic acids is 1. The van der Waals surface area contributed by atoms with Crippen LogP contribution in [0.1, 0.15) is 33.8 Å². The van der Waals surface area contributed by atoms with E-state index >= 15 is 0 Å². The average molecular weight is 556 g/mol. The summed E-state index contributed by atoms with van der Waals surface area (Å²) in [6.45, 7) is 0.552. The Hall–Kier alpha value is -3.23. The number of methoxy groups -OCH3 is 1. The average Bonchev–Trinajstić information content (AvgIpc) is 3.37. The fraction of sp³-hybridized carbons (Fsp3) is 0.348. The molecule has 9 nitrogen and oxygen atoms in total. The second-order valence-electron chi connectivity index (χ2n) is 8.22. The summed E-state index contributed by atoms with van der Waals surface area (Å²) < 4.78 is 71.5. The number of benzene rings is 1. The van der Waals surface area contributed by atoms with Gasteiger partial charge in [-0.05, 0) is 49.2 Å². The number of sulfonamides is 1. The van der Waals surface area contributed by atoms with Gasteiger partial charge in [0.25, 0.3) is 15.9 Å². The van der Waals surface area contributed by atoms with Crippen LogP contribution in [0.25, 0.3) is 0 Å². The molecule has 0 saturated carbocycles. The Kier molecular flexibility index (Phi) is 7.99. The van der Waals surface area contributed by atoms with Gasteiger partial charge in [-0.25, -0.2) is 18.4 Å². The summed E-state index contributed by atoms with van der Waals surface area (Å²) in [7, 11) is -2.24. The van der Waals surface area contributed by atoms with Gasteiger partial charge in [0, 0.05) is 35.8 Å². The monoisotopic (exact) mass is 555 g/mol. The third kappa shape index (κ3) is 6.56. The van der Waals surface area contributed by atoms with E-state index in [1.165, 1.54) is 17.5 Å². The molecule has 2 N–H and O–H groups in total. The quantitative estimate of drug-likeness (QED) is 0.435. The number of anilines is 1. The van der Waals surface area contributed by atoms with Gasteiger partial charge in [0.1, 0.15) is 15.7 Å². The lowest BCUT2D eigenvalue weighted by Crippen LogP contribution is -2.42. The first-order valence-electron chi connectivity index (χ1n) is 11.2. The second-order valence-corrected chi connectivity index (χ2v) is 11.6. The van der Waals surface area contributed by atoms with Crippen LogP contribution in [0, 0.1) is 0 Å². The van der Waals surface area contributed by atoms with E-state index in [9.17, 15) is 26.4 Å². The van der Waals surface area contributed by atoms with Crippen molar-refractivity contribution in [3.8, 4) is 5.75 Å². The normalized spacial score (nSPS) is 15.4. The Morgan fingerprint density at radius 1 is 1.19 bits per heavy atom. The third-order valence-electron chi connectivity index (χ3n) is 5.72. The first kappa shape index (κ1) is 26.8. The summed E-state index contributed by atoms with van der Waals surface area (Å²) in [4.78, 5) is 20.4. The van der Waals surface area contributed by atoms with Crippen molar-refractivity contribution in [2.24, 2.45) is 0 Å². The van der Waals surface area contributed by atoms with E-state index in [-0.39, 0.29) is 41.7 Å². The van der Waals surface area contributed by atoms with Crippen molar-refractivity contribution in [1.82, 2.24) is 19.6 Å². The van der Waals surface area contributed by atoms with Gasteiger partial charge in [0.15, 0.2) is 0 Å². The molecule has 0 bridgehead atoms. The molecule has 14 heteroatoms. The SMILES string of the molecule is COc1cccc(C(=O)NCc2ccc(S(=O)(=O)N3CCC(Nc4nccc(C(F)(F)F)n4)CC3)s2)c1. The number of aromatic nitrogens is 2. The summed E-state index contributed by atoms with van der Waals surface area (Å²) in [5.41, 5.74) is -0.617. The standard InChI is InChI=1S/C23H24F3N5O4S2/c1-35-17-4-2-3-15(13-17)21(32)28-14-18-5-6-20(36-18)37(33,34)31-11-8-16(9-12-31)29-22-27-10-7-19(30-22)23(24,25)26/h2-7,10,13,16H,8-9,11-12,14H2,1H3,(H,28,32)(H,27,29,30). The first-order chi connectivity index (χ1) is 17.6. The smallest absolute Gasteiger partial charge is 0.433 e. The Bertz CT molecular complexity index is 1360. The molecule has 0 atom stereocenters. The number of halogens is 3. The Morgan fingerprint density at radius 2 is 1.95 bits per heavy atom. The highest BCUT2D eigenvalue weighted by Crippen LogP contribution is 2.29. The van der Waals surface area contributed by atoms with E-state index < -0.39 is 21.9 Å². The molecule has 1 fully saturated rings. The number of ether oxygens (including phenoxy) is 1. The van der Waals surface area contributed by atoms with Crippen molar-refractivity contribution < 1.29 is 31.1 Å². The lowest BCUT2D eigenvalue weighted by atomic mass is 10.1. The molecule has 1 amide bonds. The number of thiophene rings is 1. The van der Waals surface area contributed by atoms with E-state index in [4.69, 9.17) is 4.74 Å². The molecule has 4 rings (SSSR count). The zero-order valence-corrected chi connectivity index (χ0v) is 21.3. The molecular formula is C23H24F3N5O4S2. The highest BCUT2D eigenvalue weighted by Gasteiger charge is 2.34. The minimum absolute atomic E-state index is 0.143. The van der Waals surface area contributed by atoms with Gasteiger partial charge >= 0.3 is 6.18 Å². The van der Waals surface area contributed by atoms with Crippen molar-refractivity contribution in [3.05, 3.63) is 64.8 Å². The summed E-state index contributed by atoms with van der Waals surface area (Å²) in [5, 5.41) is 5.64. The minimum atomic E-state index is -4.58. The molecule has 3 aromatic rings. The van der Waals surface area contributed by atoms with Gasteiger partial charge < -0.3 is 15.4 Å². The topological polar surface area (TPSA) is 114 Å². The molecule has 1 saturated heterocycles. The van der Waals surface area contributed by atoms with Crippen molar-refractivity contribution >= 4 is 33.2 Å². The number of nitrogens with zero attached hydrogens (tertiary/aromatic N) is 3. The molecule has 0 aliphatic carbocycles. The number of hydrogen-bond donors (Lipinski definition) is 2. The minimum Gasteiger partial charge on any atom is -0.497 e. The maximum atomic E-state index is 13.1. The van der Waals surface area contributed by atoms with Gasteiger partial charge in [-0.1, -0.05) is 6.07 Å². The molecule has 3 heterocycles. The molecule has 1 aromatic carbocycles. The molecule has 2 aromatic heterocycles. The van der Waals surface area contributed by atoms with E-state index in [1.54, 1.807) is 30.3 Å². The molecule has 1 aliphatic heterocycles. The largest absolute Gasteiger partial charge is 0.497 e. The van der Waals surface area contributed by atoms with Crippen LogP contribution in [0.4, 0.5) is 19.1 Å². The molecule has 1 aliphatic rings. The van der Waals surface area contributed by atoms with Crippen LogP contribution in [0.2, 0.25) is 0 Å². The summed E-state index contributed by atoms with van der Waals surface area (Å²) in [6, 6.07) is 10.4. The van der Waals surface area contributed by atoms with Crippen LogP contribution in [0.15, 0.2) is 52.9 Å². The van der Waals surface area contributed by atoms with Gasteiger partial charge in [-0.15, -0.1) is 11.3 Å². The molecule has 0 radical (unpaired) electrons. The zero-order chi connectivity index (χ0) is 26.6. The fourth-order valence-corrected chi connectivity index (χ4v) is 6.68. The first-order valence-corrected chi connectivity index (χ1v) is 13.5. The lowest BCUT2D eigenvalue weighted by molar-refractivity contribution is -0.141.